The van der Waals surface area contributed by atoms with Crippen molar-refractivity contribution in [1.29, 1.82) is 0 Å². The Balaban J connectivity index is 2.71. The van der Waals surface area contributed by atoms with Gasteiger partial charge in [0.05, 0.1) is 12.1 Å². The molecular formula is C13H23N3O2. The molecule has 1 amide bonds. The third kappa shape index (κ3) is 3.57. The van der Waals surface area contributed by atoms with Gasteiger partial charge in [-0.05, 0) is 13.5 Å². The first-order valence-electron chi connectivity index (χ1n) is 6.48. The molecule has 1 heterocycles. The van der Waals surface area contributed by atoms with Gasteiger partial charge in [0, 0.05) is 32.1 Å². The number of nitrogens with zero attached hydrogens (tertiary/aromatic N) is 2. The maximum Gasteiger partial charge on any atom is 0.226 e. The molecule has 0 saturated carbocycles. The van der Waals surface area contributed by atoms with E-state index in [1.165, 1.54) is 0 Å². The molecule has 18 heavy (non-hydrogen) atoms. The minimum atomic E-state index is 0.109. The summed E-state index contributed by atoms with van der Waals surface area (Å²) in [6.07, 6.45) is 1.96. The van der Waals surface area contributed by atoms with Gasteiger partial charge in [0.1, 0.15) is 5.76 Å². The zero-order valence-electron chi connectivity index (χ0n) is 11.7. The van der Waals surface area contributed by atoms with Gasteiger partial charge in [0.15, 0.2) is 0 Å². The molecule has 0 aliphatic carbocycles. The monoisotopic (exact) mass is 253 g/mol. The van der Waals surface area contributed by atoms with E-state index in [1.54, 1.807) is 4.90 Å². The molecule has 1 N–H and O–H groups in total. The number of hydrogen-bond acceptors (Lipinski definition) is 4. The minimum absolute atomic E-state index is 0.109. The summed E-state index contributed by atoms with van der Waals surface area (Å²) < 4.78 is 5.26. The highest BCUT2D eigenvalue weighted by Crippen LogP contribution is 2.17. The van der Waals surface area contributed by atoms with Gasteiger partial charge in [-0.25, -0.2) is 0 Å². The predicted molar refractivity (Wildman–Crippen MR) is 70.5 cm³/mol. The molecule has 0 aliphatic heterocycles. The third-order valence-corrected chi connectivity index (χ3v) is 3.06. The summed E-state index contributed by atoms with van der Waals surface area (Å²) >= 11 is 0. The lowest BCUT2D eigenvalue weighted by molar-refractivity contribution is -0.129. The van der Waals surface area contributed by atoms with Crippen LogP contribution in [0.5, 0.6) is 0 Å². The second-order valence-corrected chi connectivity index (χ2v) is 4.33. The smallest absolute Gasteiger partial charge is 0.226 e. The lowest BCUT2D eigenvalue weighted by Crippen LogP contribution is -2.34. The molecule has 0 radical (unpaired) electrons. The summed E-state index contributed by atoms with van der Waals surface area (Å²) in [6.45, 7) is 5.55. The number of nitrogens with one attached hydrogen (secondary N) is 1. The highest BCUT2D eigenvalue weighted by Gasteiger charge is 2.18. The Bertz CT molecular complexity index is 366. The molecular weight excluding hydrogens is 230 g/mol. The van der Waals surface area contributed by atoms with E-state index in [4.69, 9.17) is 4.52 Å². The normalized spacial score (nSPS) is 10.7. The van der Waals surface area contributed by atoms with Crippen LogP contribution in [0.3, 0.4) is 0 Å². The van der Waals surface area contributed by atoms with Crippen LogP contribution in [0.25, 0.3) is 0 Å². The van der Waals surface area contributed by atoms with Crippen molar-refractivity contribution in [2.45, 2.75) is 33.1 Å². The van der Waals surface area contributed by atoms with E-state index in [-0.39, 0.29) is 5.91 Å². The Morgan fingerprint density at radius 2 is 2.11 bits per heavy atom. The van der Waals surface area contributed by atoms with E-state index >= 15 is 0 Å². The van der Waals surface area contributed by atoms with Crippen molar-refractivity contribution in [3.63, 3.8) is 0 Å². The van der Waals surface area contributed by atoms with E-state index in [0.717, 1.165) is 36.4 Å². The van der Waals surface area contributed by atoms with E-state index in [1.807, 2.05) is 27.9 Å². The van der Waals surface area contributed by atoms with Crippen molar-refractivity contribution in [2.75, 3.05) is 27.2 Å². The average Bonchev–Trinajstić information content (AvgIpc) is 2.77. The van der Waals surface area contributed by atoms with Crippen LogP contribution in [-0.2, 0) is 24.1 Å². The molecule has 1 aromatic heterocycles. The molecule has 1 rings (SSSR count). The number of likely N-dealkylation sites (N-methyl/N-ethyl adjacent to an activating group) is 2. The SMILES string of the molecule is CCc1noc(CC)c1CC(=O)N(C)CCNC. The molecule has 0 saturated heterocycles. The minimum Gasteiger partial charge on any atom is -0.361 e. The second-order valence-electron chi connectivity index (χ2n) is 4.33. The van der Waals surface area contributed by atoms with Gasteiger partial charge in [-0.3, -0.25) is 4.79 Å². The van der Waals surface area contributed by atoms with Crippen molar-refractivity contribution >= 4 is 5.91 Å². The van der Waals surface area contributed by atoms with Crippen LogP contribution >= 0.6 is 0 Å². The molecule has 0 aliphatic rings. The number of carbonyl (C=O) groups excluding carboxylic acids is 1. The van der Waals surface area contributed by atoms with Crippen LogP contribution in [-0.4, -0.2) is 43.1 Å². The number of carbonyl (C=O) groups is 1. The third-order valence-electron chi connectivity index (χ3n) is 3.06. The van der Waals surface area contributed by atoms with Crippen LogP contribution < -0.4 is 5.32 Å². The molecule has 0 atom stereocenters. The van der Waals surface area contributed by atoms with E-state index in [0.29, 0.717) is 13.0 Å². The number of amides is 1. The summed E-state index contributed by atoms with van der Waals surface area (Å²) in [5.41, 5.74) is 1.88. The van der Waals surface area contributed by atoms with Gasteiger partial charge in [0.2, 0.25) is 5.91 Å². The largest absolute Gasteiger partial charge is 0.361 e. The fourth-order valence-corrected chi connectivity index (χ4v) is 1.83. The van der Waals surface area contributed by atoms with Crippen molar-refractivity contribution in [3.8, 4) is 0 Å². The summed E-state index contributed by atoms with van der Waals surface area (Å²) in [7, 11) is 3.70. The standard InChI is InChI=1S/C13H23N3O2/c1-5-11-10(12(6-2)18-15-11)9-13(17)16(4)8-7-14-3/h14H,5-9H2,1-4H3. The number of hydrogen-bond donors (Lipinski definition) is 1. The van der Waals surface area contributed by atoms with Gasteiger partial charge < -0.3 is 14.7 Å². The number of rotatable bonds is 7. The maximum absolute atomic E-state index is 12.1. The Morgan fingerprint density at radius 3 is 2.67 bits per heavy atom. The Kier molecular flexibility index (Phi) is 5.85. The van der Waals surface area contributed by atoms with E-state index in [9.17, 15) is 4.79 Å². The lowest BCUT2D eigenvalue weighted by atomic mass is 10.1. The fraction of sp³-hybridized carbons (Fsp3) is 0.692. The van der Waals surface area contributed by atoms with Crippen LogP contribution in [0.4, 0.5) is 0 Å². The quantitative estimate of drug-likeness (QED) is 0.788. The van der Waals surface area contributed by atoms with E-state index < -0.39 is 0 Å². The van der Waals surface area contributed by atoms with Crippen molar-refractivity contribution in [3.05, 3.63) is 17.0 Å². The molecule has 5 heteroatoms. The van der Waals surface area contributed by atoms with Crippen LogP contribution in [0, 0.1) is 0 Å². The Labute approximate surface area is 109 Å². The molecule has 102 valence electrons. The first-order valence-corrected chi connectivity index (χ1v) is 6.48. The predicted octanol–water partition coefficient (Wildman–Crippen LogP) is 1.02. The zero-order chi connectivity index (χ0) is 13.5. The Hall–Kier alpha value is -1.36. The summed E-state index contributed by atoms with van der Waals surface area (Å²) in [5.74, 6) is 0.945. The number of aromatic nitrogens is 1. The maximum atomic E-state index is 12.1. The first-order chi connectivity index (χ1) is 8.63. The van der Waals surface area contributed by atoms with Crippen molar-refractivity contribution in [1.82, 2.24) is 15.4 Å². The van der Waals surface area contributed by atoms with Gasteiger partial charge in [-0.15, -0.1) is 0 Å². The van der Waals surface area contributed by atoms with Crippen LogP contribution in [0.1, 0.15) is 30.9 Å². The molecule has 0 bridgehead atoms. The van der Waals surface area contributed by atoms with E-state index in [2.05, 4.69) is 10.5 Å². The molecule has 5 nitrogen and oxygen atoms in total. The molecule has 0 aromatic carbocycles. The second kappa shape index (κ2) is 7.16. The van der Waals surface area contributed by atoms with Gasteiger partial charge in [-0.2, -0.15) is 0 Å². The van der Waals surface area contributed by atoms with Crippen molar-refractivity contribution < 1.29 is 9.32 Å². The molecule has 0 fully saturated rings. The highest BCUT2D eigenvalue weighted by atomic mass is 16.5. The summed E-state index contributed by atoms with van der Waals surface area (Å²) in [6, 6.07) is 0. The summed E-state index contributed by atoms with van der Waals surface area (Å²) in [5, 5.41) is 7.05. The molecule has 0 unspecified atom stereocenters. The zero-order valence-corrected chi connectivity index (χ0v) is 11.7. The van der Waals surface area contributed by atoms with Crippen LogP contribution in [0.2, 0.25) is 0 Å². The average molecular weight is 253 g/mol. The molecule has 0 spiro atoms. The van der Waals surface area contributed by atoms with Crippen molar-refractivity contribution in [2.24, 2.45) is 0 Å². The summed E-state index contributed by atoms with van der Waals surface area (Å²) in [4.78, 5) is 13.8. The van der Waals surface area contributed by atoms with Gasteiger partial charge in [0.25, 0.3) is 0 Å². The lowest BCUT2D eigenvalue weighted by Gasteiger charge is -2.16. The topological polar surface area (TPSA) is 58.4 Å². The van der Waals surface area contributed by atoms with Gasteiger partial charge >= 0.3 is 0 Å². The number of aryl methyl sites for hydroxylation is 2. The molecule has 1 aromatic rings. The Morgan fingerprint density at radius 1 is 1.39 bits per heavy atom. The fourth-order valence-electron chi connectivity index (χ4n) is 1.83. The van der Waals surface area contributed by atoms with Crippen LogP contribution in [0.15, 0.2) is 4.52 Å². The first kappa shape index (κ1) is 14.7. The highest BCUT2D eigenvalue weighted by molar-refractivity contribution is 5.79. The van der Waals surface area contributed by atoms with Gasteiger partial charge in [-0.1, -0.05) is 19.0 Å².